The fourth-order valence-electron chi connectivity index (χ4n) is 3.08. The fraction of sp³-hybridized carbons (Fsp3) is 0.286. The van der Waals surface area contributed by atoms with E-state index >= 15 is 0 Å². The minimum atomic E-state index is -3.77. The van der Waals surface area contributed by atoms with Crippen molar-refractivity contribution in [3.63, 3.8) is 0 Å². The zero-order chi connectivity index (χ0) is 20.1. The van der Waals surface area contributed by atoms with Gasteiger partial charge in [-0.2, -0.15) is 4.31 Å². The number of rotatable bonds is 6. The summed E-state index contributed by atoms with van der Waals surface area (Å²) in [5.74, 6) is -0.508. The van der Waals surface area contributed by atoms with Gasteiger partial charge < -0.3 is 9.47 Å². The number of nitrogens with zero attached hydrogens (tertiary/aromatic N) is 1. The summed E-state index contributed by atoms with van der Waals surface area (Å²) in [4.78, 5) is 12.7. The largest absolute Gasteiger partial charge is 0.453 e. The van der Waals surface area contributed by atoms with Crippen LogP contribution in [0.4, 0.5) is 0 Å². The summed E-state index contributed by atoms with van der Waals surface area (Å²) in [6.07, 6.45) is 2.66. The van der Waals surface area contributed by atoms with Crippen LogP contribution in [0.3, 0.4) is 0 Å². The van der Waals surface area contributed by atoms with E-state index in [9.17, 15) is 13.2 Å². The van der Waals surface area contributed by atoms with E-state index in [1.165, 1.54) is 11.4 Å². The van der Waals surface area contributed by atoms with Gasteiger partial charge in [0.05, 0.1) is 23.1 Å². The fourth-order valence-corrected chi connectivity index (χ4v) is 4.65. The van der Waals surface area contributed by atoms with E-state index in [-0.39, 0.29) is 18.0 Å². The lowest BCUT2D eigenvalue weighted by atomic mass is 10.1. The molecule has 0 amide bonds. The molecule has 3 rings (SSSR count). The second-order valence-corrected chi connectivity index (χ2v) is 8.47. The second-order valence-electron chi connectivity index (χ2n) is 6.57. The molecule has 28 heavy (non-hydrogen) atoms. The van der Waals surface area contributed by atoms with Crippen LogP contribution in [0.5, 0.6) is 0 Å². The molecule has 0 N–H and O–H groups in total. The van der Waals surface area contributed by atoms with Gasteiger partial charge in [0.25, 0.3) is 0 Å². The van der Waals surface area contributed by atoms with E-state index in [1.54, 1.807) is 66.7 Å². The Labute approximate surface area is 165 Å². The van der Waals surface area contributed by atoms with Crippen molar-refractivity contribution in [1.29, 1.82) is 0 Å². The lowest BCUT2D eigenvalue weighted by molar-refractivity contribution is 0.00853. The zero-order valence-electron chi connectivity index (χ0n) is 15.8. The summed E-state index contributed by atoms with van der Waals surface area (Å²) < 4.78 is 38.5. The zero-order valence-corrected chi connectivity index (χ0v) is 16.6. The van der Waals surface area contributed by atoms with Gasteiger partial charge in [0.15, 0.2) is 0 Å². The Morgan fingerprint density at radius 2 is 1.79 bits per heavy atom. The number of hydrogen-bond acceptors (Lipinski definition) is 5. The van der Waals surface area contributed by atoms with Crippen LogP contribution in [0.25, 0.3) is 0 Å². The maximum atomic E-state index is 13.2. The first-order valence-electron chi connectivity index (χ1n) is 8.93. The van der Waals surface area contributed by atoms with Gasteiger partial charge in [0, 0.05) is 13.7 Å². The third-order valence-electron chi connectivity index (χ3n) is 4.58. The first-order chi connectivity index (χ1) is 13.4. The molecule has 0 unspecified atom stereocenters. The molecule has 7 heteroatoms. The molecule has 1 heterocycles. The molecule has 0 spiro atoms. The molecule has 2 atom stereocenters. The predicted octanol–water partition coefficient (Wildman–Crippen LogP) is 2.80. The van der Waals surface area contributed by atoms with Crippen molar-refractivity contribution in [2.24, 2.45) is 0 Å². The molecule has 2 aromatic rings. The predicted molar refractivity (Wildman–Crippen MR) is 106 cm³/mol. The molecule has 0 saturated heterocycles. The molecule has 2 aromatic carbocycles. The molecule has 148 valence electrons. The van der Waals surface area contributed by atoms with Crippen LogP contribution in [-0.4, -0.2) is 51.1 Å². The quantitative estimate of drug-likeness (QED) is 0.550. The molecule has 0 bridgehead atoms. The van der Waals surface area contributed by atoms with Gasteiger partial charge in [-0.05, 0) is 37.3 Å². The monoisotopic (exact) mass is 401 g/mol. The van der Waals surface area contributed by atoms with Crippen LogP contribution in [0.15, 0.2) is 71.6 Å². The molecule has 1 aliphatic rings. The first kappa shape index (κ1) is 20.3. The number of benzene rings is 2. The molecule has 0 radical (unpaired) electrons. The normalized spacial score (nSPS) is 20.1. The molecule has 1 aliphatic heterocycles. The van der Waals surface area contributed by atoms with Crippen LogP contribution in [0, 0.1) is 6.92 Å². The maximum Gasteiger partial charge on any atom is 0.338 e. The van der Waals surface area contributed by atoms with Gasteiger partial charge in [0.1, 0.15) is 6.10 Å². The van der Waals surface area contributed by atoms with Crippen molar-refractivity contribution in [2.45, 2.75) is 24.0 Å². The summed E-state index contributed by atoms with van der Waals surface area (Å²) in [6.45, 7) is 2.18. The van der Waals surface area contributed by atoms with Crippen LogP contribution < -0.4 is 0 Å². The third kappa shape index (κ3) is 4.32. The highest BCUT2D eigenvalue weighted by atomic mass is 32.2. The Morgan fingerprint density at radius 1 is 1.11 bits per heavy atom. The molecule has 0 aliphatic carbocycles. The number of carbonyl (C=O) groups excluding carboxylic acids is 1. The lowest BCUT2D eigenvalue weighted by Crippen LogP contribution is -2.52. The van der Waals surface area contributed by atoms with Crippen molar-refractivity contribution >= 4 is 16.0 Å². The number of hydrogen-bond donors (Lipinski definition) is 0. The SMILES string of the molecule is COC[C@@H]1[C@@H](OC(=O)c2ccccc2)C=CCN1S(=O)(=O)c1ccc(C)cc1. The minimum Gasteiger partial charge on any atom is -0.453 e. The van der Waals surface area contributed by atoms with Crippen LogP contribution in [0.2, 0.25) is 0 Å². The van der Waals surface area contributed by atoms with E-state index in [1.807, 2.05) is 6.92 Å². The summed E-state index contributed by atoms with van der Waals surface area (Å²) >= 11 is 0. The summed E-state index contributed by atoms with van der Waals surface area (Å²) in [6, 6.07) is 14.6. The van der Waals surface area contributed by atoms with Crippen molar-refractivity contribution in [1.82, 2.24) is 4.31 Å². The van der Waals surface area contributed by atoms with E-state index in [4.69, 9.17) is 9.47 Å². The Morgan fingerprint density at radius 3 is 2.43 bits per heavy atom. The van der Waals surface area contributed by atoms with Crippen LogP contribution >= 0.6 is 0 Å². The number of aryl methyl sites for hydroxylation is 1. The van der Waals surface area contributed by atoms with Gasteiger partial charge in [-0.25, -0.2) is 13.2 Å². The Hall–Kier alpha value is -2.48. The van der Waals surface area contributed by atoms with Crippen LogP contribution in [0.1, 0.15) is 15.9 Å². The van der Waals surface area contributed by atoms with Crippen molar-refractivity contribution in [2.75, 3.05) is 20.3 Å². The molecule has 6 nitrogen and oxygen atoms in total. The van der Waals surface area contributed by atoms with Crippen molar-refractivity contribution < 1.29 is 22.7 Å². The van der Waals surface area contributed by atoms with Gasteiger partial charge in [0.2, 0.25) is 10.0 Å². The van der Waals surface area contributed by atoms with Gasteiger partial charge in [-0.1, -0.05) is 42.0 Å². The number of methoxy groups -OCH3 is 1. The highest BCUT2D eigenvalue weighted by Crippen LogP contribution is 2.25. The Bertz CT molecular complexity index is 939. The Balaban J connectivity index is 1.87. The topological polar surface area (TPSA) is 72.9 Å². The molecular weight excluding hydrogens is 378 g/mol. The first-order valence-corrected chi connectivity index (χ1v) is 10.4. The van der Waals surface area contributed by atoms with Crippen LogP contribution in [-0.2, 0) is 19.5 Å². The van der Waals surface area contributed by atoms with E-state index in [2.05, 4.69) is 0 Å². The maximum absolute atomic E-state index is 13.2. The molecular formula is C21H23NO5S. The van der Waals surface area contributed by atoms with E-state index in [0.29, 0.717) is 5.56 Å². The van der Waals surface area contributed by atoms with Crippen molar-refractivity contribution in [3.8, 4) is 0 Å². The lowest BCUT2D eigenvalue weighted by Gasteiger charge is -2.36. The minimum absolute atomic E-state index is 0.0994. The van der Waals surface area contributed by atoms with Gasteiger partial charge in [-0.15, -0.1) is 0 Å². The molecule has 0 saturated carbocycles. The number of esters is 1. The highest BCUT2D eigenvalue weighted by Gasteiger charge is 2.39. The average molecular weight is 401 g/mol. The third-order valence-corrected chi connectivity index (χ3v) is 6.48. The summed E-state index contributed by atoms with van der Waals surface area (Å²) in [5.41, 5.74) is 1.38. The van der Waals surface area contributed by atoms with Gasteiger partial charge in [-0.3, -0.25) is 0 Å². The highest BCUT2D eigenvalue weighted by molar-refractivity contribution is 7.89. The number of carbonyl (C=O) groups is 1. The average Bonchev–Trinajstić information content (AvgIpc) is 2.70. The summed E-state index contributed by atoms with van der Waals surface area (Å²) in [5, 5.41) is 0. The smallest absolute Gasteiger partial charge is 0.338 e. The summed E-state index contributed by atoms with van der Waals surface area (Å²) in [7, 11) is -2.28. The number of sulfonamides is 1. The second kappa shape index (κ2) is 8.68. The van der Waals surface area contributed by atoms with E-state index in [0.717, 1.165) is 5.56 Å². The van der Waals surface area contributed by atoms with Gasteiger partial charge >= 0.3 is 5.97 Å². The number of ether oxygens (including phenoxy) is 2. The van der Waals surface area contributed by atoms with E-state index < -0.39 is 28.1 Å². The Kier molecular flexibility index (Phi) is 6.28. The van der Waals surface area contributed by atoms with Crippen molar-refractivity contribution in [3.05, 3.63) is 77.9 Å². The molecule has 0 aromatic heterocycles. The molecule has 0 fully saturated rings. The standard InChI is InChI=1S/C21H23NO5S/c1-16-10-12-18(13-11-16)28(24,25)22-14-6-9-20(19(22)15-26-2)27-21(23)17-7-4-3-5-8-17/h3-13,19-20H,14-15H2,1-2H3/t19-,20+/m1/s1.